The number of H-pyrrole nitrogens is 1. The lowest BCUT2D eigenvalue weighted by Crippen LogP contribution is -2.29. The summed E-state index contributed by atoms with van der Waals surface area (Å²) in [5.74, 6) is -0.0975. The predicted octanol–water partition coefficient (Wildman–Crippen LogP) is 0.135. The Kier molecular flexibility index (Phi) is 2.96. The van der Waals surface area contributed by atoms with Crippen LogP contribution in [-0.2, 0) is 4.84 Å². The van der Waals surface area contributed by atoms with Gasteiger partial charge in [-0.25, -0.2) is 9.78 Å². The van der Waals surface area contributed by atoms with Crippen LogP contribution >= 0.6 is 0 Å². The van der Waals surface area contributed by atoms with Gasteiger partial charge in [0.2, 0.25) is 0 Å². The van der Waals surface area contributed by atoms with Crippen molar-refractivity contribution in [3.63, 3.8) is 0 Å². The molecule has 17 heavy (non-hydrogen) atoms. The Hall–Kier alpha value is -2.09. The Bertz CT molecular complexity index is 486. The Labute approximate surface area is 95.7 Å². The average molecular weight is 241 g/mol. The summed E-state index contributed by atoms with van der Waals surface area (Å²) in [6, 6.07) is -0.529. The van der Waals surface area contributed by atoms with E-state index in [1.165, 1.54) is 13.3 Å². The van der Waals surface area contributed by atoms with Crippen LogP contribution in [0.4, 0.5) is 4.79 Å². The summed E-state index contributed by atoms with van der Waals surface area (Å²) >= 11 is 0. The van der Waals surface area contributed by atoms with Crippen LogP contribution < -0.4 is 10.3 Å². The van der Waals surface area contributed by atoms with Gasteiger partial charge in [0.25, 0.3) is 5.88 Å². The molecule has 1 atom stereocenters. The van der Waals surface area contributed by atoms with Crippen molar-refractivity contribution < 1.29 is 19.5 Å². The van der Waals surface area contributed by atoms with Gasteiger partial charge in [-0.2, -0.15) is 5.06 Å². The zero-order valence-electron chi connectivity index (χ0n) is 9.04. The number of aromatic amines is 1. The first-order valence-corrected chi connectivity index (χ1v) is 4.92. The highest BCUT2D eigenvalue weighted by Crippen LogP contribution is 2.28. The summed E-state index contributed by atoms with van der Waals surface area (Å²) in [6.07, 6.45) is 0.647. The van der Waals surface area contributed by atoms with Crippen molar-refractivity contribution in [3.05, 3.63) is 22.2 Å². The highest BCUT2D eigenvalue weighted by Gasteiger charge is 2.33. The van der Waals surface area contributed by atoms with Gasteiger partial charge in [-0.3, -0.25) is 9.63 Å². The third kappa shape index (κ3) is 2.07. The summed E-state index contributed by atoms with van der Waals surface area (Å²) < 4.78 is 4.78. The minimum Gasteiger partial charge on any atom is -0.477 e. The molecule has 1 aromatic rings. The fraction of sp³-hybridized carbons (Fsp3) is 0.444. The van der Waals surface area contributed by atoms with Crippen molar-refractivity contribution in [3.8, 4) is 5.88 Å². The van der Waals surface area contributed by atoms with Gasteiger partial charge in [0.15, 0.2) is 0 Å². The molecule has 1 aliphatic rings. The third-order valence-electron chi connectivity index (χ3n) is 2.40. The van der Waals surface area contributed by atoms with Crippen LogP contribution in [0.2, 0.25) is 0 Å². The molecule has 1 aromatic heterocycles. The smallest absolute Gasteiger partial charge is 0.432 e. The molecule has 1 saturated heterocycles. The fourth-order valence-corrected chi connectivity index (χ4v) is 1.64. The summed E-state index contributed by atoms with van der Waals surface area (Å²) in [4.78, 5) is 33.4. The lowest BCUT2D eigenvalue weighted by molar-refractivity contribution is -0.104. The van der Waals surface area contributed by atoms with E-state index in [1.807, 2.05) is 0 Å². The zero-order chi connectivity index (χ0) is 12.4. The van der Waals surface area contributed by atoms with Crippen LogP contribution in [0.25, 0.3) is 0 Å². The topological polar surface area (TPSA) is 105 Å². The molecule has 2 rings (SSSR count). The standard InChI is InChI=1S/C9H11N3O5/c1-16-8-7(13)10-4-5(11-8)6-2-3-17-12(6)9(14)15/h4,6H,2-3H2,1H3,(H,10,13)(H,14,15). The quantitative estimate of drug-likeness (QED) is 0.762. The van der Waals surface area contributed by atoms with E-state index in [0.717, 1.165) is 5.06 Å². The number of carbonyl (C=O) groups is 1. The number of ether oxygens (including phenoxy) is 1. The molecule has 0 saturated carbocycles. The predicted molar refractivity (Wildman–Crippen MR) is 54.6 cm³/mol. The maximum absolute atomic E-state index is 11.2. The van der Waals surface area contributed by atoms with Crippen LogP contribution in [0.5, 0.6) is 5.88 Å². The zero-order valence-corrected chi connectivity index (χ0v) is 9.04. The molecule has 2 N–H and O–H groups in total. The van der Waals surface area contributed by atoms with Crippen LogP contribution in [0, 0.1) is 0 Å². The molecular weight excluding hydrogens is 230 g/mol. The fourth-order valence-electron chi connectivity index (χ4n) is 1.64. The number of nitrogens with one attached hydrogen (secondary N) is 1. The molecule has 8 heteroatoms. The summed E-state index contributed by atoms with van der Waals surface area (Å²) in [6.45, 7) is 0.292. The normalized spacial score (nSPS) is 19.4. The van der Waals surface area contributed by atoms with Crippen molar-refractivity contribution in [1.82, 2.24) is 15.0 Å². The van der Waals surface area contributed by atoms with Crippen LogP contribution in [0.3, 0.4) is 0 Å². The summed E-state index contributed by atoms with van der Waals surface area (Å²) in [5, 5.41) is 9.72. The summed E-state index contributed by atoms with van der Waals surface area (Å²) in [5.41, 5.74) is -0.0709. The number of rotatable bonds is 2. The second kappa shape index (κ2) is 4.42. The lowest BCUT2D eigenvalue weighted by Gasteiger charge is -2.18. The van der Waals surface area contributed by atoms with Crippen molar-refractivity contribution in [2.45, 2.75) is 12.5 Å². The SMILES string of the molecule is COc1nc(C2CCON2C(=O)O)c[nH]c1=O. The molecule has 0 bridgehead atoms. The number of amides is 1. The number of carboxylic acid groups (broad SMARTS) is 1. The van der Waals surface area contributed by atoms with Crippen molar-refractivity contribution in [1.29, 1.82) is 0 Å². The first-order chi connectivity index (χ1) is 8.13. The monoisotopic (exact) mass is 241 g/mol. The lowest BCUT2D eigenvalue weighted by atomic mass is 10.1. The van der Waals surface area contributed by atoms with Gasteiger partial charge in [0, 0.05) is 12.6 Å². The van der Waals surface area contributed by atoms with Gasteiger partial charge >= 0.3 is 11.7 Å². The molecule has 1 unspecified atom stereocenters. The first-order valence-electron chi connectivity index (χ1n) is 4.92. The van der Waals surface area contributed by atoms with Gasteiger partial charge in [0.1, 0.15) is 6.04 Å². The Balaban J connectivity index is 2.33. The Morgan fingerprint density at radius 3 is 3.18 bits per heavy atom. The molecule has 1 amide bonds. The van der Waals surface area contributed by atoms with Gasteiger partial charge in [-0.05, 0) is 0 Å². The van der Waals surface area contributed by atoms with E-state index in [2.05, 4.69) is 9.97 Å². The molecule has 92 valence electrons. The molecule has 2 heterocycles. The number of methoxy groups -OCH3 is 1. The number of hydroxylamine groups is 2. The van der Waals surface area contributed by atoms with Crippen molar-refractivity contribution in [2.24, 2.45) is 0 Å². The minimum absolute atomic E-state index is 0.0975. The molecule has 1 aliphatic heterocycles. The van der Waals surface area contributed by atoms with E-state index in [-0.39, 0.29) is 5.88 Å². The van der Waals surface area contributed by atoms with Gasteiger partial charge < -0.3 is 14.8 Å². The Morgan fingerprint density at radius 2 is 2.53 bits per heavy atom. The van der Waals surface area contributed by atoms with E-state index in [4.69, 9.17) is 14.7 Å². The molecule has 0 spiro atoms. The van der Waals surface area contributed by atoms with E-state index in [9.17, 15) is 9.59 Å². The van der Waals surface area contributed by atoms with E-state index in [0.29, 0.717) is 18.7 Å². The first kappa shape index (κ1) is 11.4. The minimum atomic E-state index is -1.19. The third-order valence-corrected chi connectivity index (χ3v) is 2.40. The summed E-state index contributed by atoms with van der Waals surface area (Å²) in [7, 11) is 1.32. The maximum atomic E-state index is 11.2. The van der Waals surface area contributed by atoms with Gasteiger partial charge in [-0.1, -0.05) is 0 Å². The second-order valence-electron chi connectivity index (χ2n) is 3.41. The van der Waals surface area contributed by atoms with Crippen molar-refractivity contribution in [2.75, 3.05) is 13.7 Å². The van der Waals surface area contributed by atoms with Gasteiger partial charge in [0.05, 0.1) is 19.4 Å². The number of nitrogens with zero attached hydrogens (tertiary/aromatic N) is 2. The maximum Gasteiger partial charge on any atom is 0.432 e. The van der Waals surface area contributed by atoms with E-state index in [1.54, 1.807) is 0 Å². The highest BCUT2D eigenvalue weighted by atomic mass is 16.7. The van der Waals surface area contributed by atoms with Crippen molar-refractivity contribution >= 4 is 6.09 Å². The molecular formula is C9H11N3O5. The second-order valence-corrected chi connectivity index (χ2v) is 3.41. The average Bonchev–Trinajstić information content (AvgIpc) is 2.78. The molecule has 0 radical (unpaired) electrons. The van der Waals surface area contributed by atoms with E-state index < -0.39 is 17.7 Å². The largest absolute Gasteiger partial charge is 0.477 e. The van der Waals surface area contributed by atoms with Gasteiger partial charge in [-0.15, -0.1) is 0 Å². The van der Waals surface area contributed by atoms with Crippen LogP contribution in [-0.4, -0.2) is 39.9 Å². The Morgan fingerprint density at radius 1 is 1.76 bits per heavy atom. The molecule has 0 aliphatic carbocycles. The molecule has 8 nitrogen and oxygen atoms in total. The molecule has 0 aromatic carbocycles. The highest BCUT2D eigenvalue weighted by molar-refractivity contribution is 5.64. The number of hydrogen-bond donors (Lipinski definition) is 2. The number of aromatic nitrogens is 2. The van der Waals surface area contributed by atoms with Crippen LogP contribution in [0.1, 0.15) is 18.2 Å². The van der Waals surface area contributed by atoms with Crippen LogP contribution in [0.15, 0.2) is 11.0 Å². The number of hydrogen-bond acceptors (Lipinski definition) is 5. The molecule has 1 fully saturated rings. The van der Waals surface area contributed by atoms with E-state index >= 15 is 0 Å².